The van der Waals surface area contributed by atoms with Crippen LogP contribution in [-0.4, -0.2) is 65.8 Å². The Bertz CT molecular complexity index is 765. The van der Waals surface area contributed by atoms with Crippen molar-refractivity contribution in [3.63, 3.8) is 0 Å². The Morgan fingerprint density at radius 1 is 1.20 bits per heavy atom. The van der Waals surface area contributed by atoms with E-state index in [1.54, 1.807) is 13.0 Å². The molecule has 0 aliphatic carbocycles. The first-order valence-corrected chi connectivity index (χ1v) is 10.9. The lowest BCUT2D eigenvalue weighted by Crippen LogP contribution is -2.36. The summed E-state index contributed by atoms with van der Waals surface area (Å²) in [5.74, 6) is 1.13. The minimum atomic E-state index is -0.521. The van der Waals surface area contributed by atoms with E-state index >= 15 is 0 Å². The maximum Gasteiger partial charge on any atom is 0.278 e. The fourth-order valence-electron chi connectivity index (χ4n) is 3.48. The average molecular weight is 439 g/mol. The first-order chi connectivity index (χ1) is 14.6. The smallest absolute Gasteiger partial charge is 0.278 e. The molecule has 1 atom stereocenters. The molecule has 30 heavy (non-hydrogen) atoms. The fourth-order valence-corrected chi connectivity index (χ4v) is 3.67. The summed E-state index contributed by atoms with van der Waals surface area (Å²) in [6.07, 6.45) is 4.45. The molecule has 2 N–H and O–H groups in total. The van der Waals surface area contributed by atoms with Crippen molar-refractivity contribution in [1.29, 1.82) is 0 Å². The number of likely N-dealkylation sites (tertiary alicyclic amines) is 1. The van der Waals surface area contributed by atoms with Crippen LogP contribution in [-0.2, 0) is 6.54 Å². The second-order valence-corrected chi connectivity index (χ2v) is 8.05. The van der Waals surface area contributed by atoms with E-state index < -0.39 is 6.10 Å². The maximum atomic E-state index is 10.4. The van der Waals surface area contributed by atoms with Crippen molar-refractivity contribution in [3.8, 4) is 11.6 Å². The predicted molar refractivity (Wildman–Crippen MR) is 114 cm³/mol. The van der Waals surface area contributed by atoms with Crippen LogP contribution in [0.25, 0.3) is 0 Å². The van der Waals surface area contributed by atoms with Gasteiger partial charge in [0.05, 0.1) is 0 Å². The van der Waals surface area contributed by atoms with Crippen LogP contribution >= 0.6 is 11.6 Å². The van der Waals surface area contributed by atoms with Crippen molar-refractivity contribution in [2.45, 2.75) is 45.3 Å². The fraction of sp³-hybridized carbons (Fsp3) is 0.619. The summed E-state index contributed by atoms with van der Waals surface area (Å²) in [6.45, 7) is 6.39. The van der Waals surface area contributed by atoms with Gasteiger partial charge in [-0.1, -0.05) is 29.6 Å². The number of nitrogens with one attached hydrogen (secondary N) is 1. The molecule has 1 unspecified atom stereocenters. The molecule has 2 aromatic rings. The summed E-state index contributed by atoms with van der Waals surface area (Å²) in [7, 11) is 0. The van der Waals surface area contributed by atoms with Gasteiger partial charge in [-0.15, -0.1) is 0 Å². The van der Waals surface area contributed by atoms with Gasteiger partial charge >= 0.3 is 0 Å². The van der Waals surface area contributed by atoms with Crippen molar-refractivity contribution in [2.75, 3.05) is 39.4 Å². The van der Waals surface area contributed by atoms with E-state index in [-0.39, 0.29) is 6.61 Å². The quantitative estimate of drug-likeness (QED) is 0.517. The minimum Gasteiger partial charge on any atom is -0.491 e. The van der Waals surface area contributed by atoms with Gasteiger partial charge < -0.3 is 24.8 Å². The number of aryl methyl sites for hydroxylation is 1. The van der Waals surface area contributed by atoms with E-state index in [9.17, 15) is 5.11 Å². The second kappa shape index (κ2) is 12.1. The van der Waals surface area contributed by atoms with Crippen molar-refractivity contribution >= 4 is 11.6 Å². The van der Waals surface area contributed by atoms with Gasteiger partial charge in [0.2, 0.25) is 0 Å². The van der Waals surface area contributed by atoms with Gasteiger partial charge in [-0.25, -0.2) is 4.63 Å². The summed E-state index contributed by atoms with van der Waals surface area (Å²) in [6, 6.07) is 5.52. The molecule has 8 nitrogen and oxygen atoms in total. The minimum absolute atomic E-state index is 0.257. The molecule has 1 saturated heterocycles. The largest absolute Gasteiger partial charge is 0.491 e. The molecule has 0 spiro atoms. The Labute approximate surface area is 182 Å². The third-order valence-corrected chi connectivity index (χ3v) is 5.30. The molecule has 1 aliphatic rings. The lowest BCUT2D eigenvalue weighted by atomic mass is 10.2. The standard InChI is InChI=1S/C21H31ClN4O4/c1-16-21(25-30-24-16)28-11-8-23-13-17-12-18(22)6-7-20(17)29-15-19(27)14-26-9-4-2-3-5-10-26/h6-7,12,19,23,27H,2-5,8-11,13-15H2,1H3. The third-order valence-electron chi connectivity index (χ3n) is 5.07. The zero-order chi connectivity index (χ0) is 21.2. The van der Waals surface area contributed by atoms with Gasteiger partial charge in [-0.05, 0) is 56.2 Å². The van der Waals surface area contributed by atoms with Crippen LogP contribution in [0.2, 0.25) is 5.02 Å². The molecule has 1 fully saturated rings. The van der Waals surface area contributed by atoms with Gasteiger partial charge in [0, 0.05) is 30.2 Å². The highest BCUT2D eigenvalue weighted by Crippen LogP contribution is 2.23. The number of aliphatic hydroxyl groups is 1. The van der Waals surface area contributed by atoms with Crippen molar-refractivity contribution in [1.82, 2.24) is 20.5 Å². The molecule has 2 heterocycles. The molecular formula is C21H31ClN4O4. The van der Waals surface area contributed by atoms with Crippen LogP contribution in [0, 0.1) is 6.92 Å². The van der Waals surface area contributed by atoms with Crippen LogP contribution in [0.1, 0.15) is 36.9 Å². The molecule has 166 valence electrons. The number of β-amino-alcohol motifs (C(OH)–C–C–N with tert-alkyl or cyclic N) is 1. The summed E-state index contributed by atoms with van der Waals surface area (Å²) >= 11 is 6.16. The van der Waals surface area contributed by atoms with E-state index in [0.29, 0.717) is 42.8 Å². The first kappa shape index (κ1) is 22.8. The van der Waals surface area contributed by atoms with Crippen LogP contribution in [0.3, 0.4) is 0 Å². The van der Waals surface area contributed by atoms with Gasteiger partial charge in [0.25, 0.3) is 5.88 Å². The Kier molecular flexibility index (Phi) is 9.20. The van der Waals surface area contributed by atoms with E-state index in [0.717, 1.165) is 24.4 Å². The highest BCUT2D eigenvalue weighted by molar-refractivity contribution is 6.30. The zero-order valence-corrected chi connectivity index (χ0v) is 18.2. The Balaban J connectivity index is 1.42. The van der Waals surface area contributed by atoms with Gasteiger partial charge in [-0.3, -0.25) is 0 Å². The number of hydrogen-bond acceptors (Lipinski definition) is 8. The number of aliphatic hydroxyl groups excluding tert-OH is 1. The summed E-state index contributed by atoms with van der Waals surface area (Å²) in [5, 5.41) is 21.7. The first-order valence-electron chi connectivity index (χ1n) is 10.6. The van der Waals surface area contributed by atoms with E-state index in [2.05, 4.69) is 25.2 Å². The zero-order valence-electron chi connectivity index (χ0n) is 17.5. The molecule has 0 amide bonds. The molecule has 1 aromatic carbocycles. The average Bonchev–Trinajstić information content (AvgIpc) is 2.97. The van der Waals surface area contributed by atoms with Crippen LogP contribution in [0.4, 0.5) is 0 Å². The van der Waals surface area contributed by atoms with Crippen molar-refractivity contribution < 1.29 is 19.2 Å². The van der Waals surface area contributed by atoms with Gasteiger partial charge in [0.15, 0.2) is 0 Å². The lowest BCUT2D eigenvalue weighted by molar-refractivity contribution is 0.0690. The van der Waals surface area contributed by atoms with Gasteiger partial charge in [-0.2, -0.15) is 0 Å². The lowest BCUT2D eigenvalue weighted by Gasteiger charge is -2.23. The molecule has 3 rings (SSSR count). The Morgan fingerprint density at radius 2 is 2.00 bits per heavy atom. The summed E-state index contributed by atoms with van der Waals surface area (Å²) in [5.41, 5.74) is 1.56. The SMILES string of the molecule is Cc1nonc1OCCNCc1cc(Cl)ccc1OCC(O)CN1CCCCCC1. The van der Waals surface area contributed by atoms with E-state index in [1.807, 2.05) is 12.1 Å². The monoisotopic (exact) mass is 438 g/mol. The van der Waals surface area contributed by atoms with Crippen molar-refractivity contribution in [3.05, 3.63) is 34.5 Å². The predicted octanol–water partition coefficient (Wildman–Crippen LogP) is 2.82. The maximum absolute atomic E-state index is 10.4. The van der Waals surface area contributed by atoms with E-state index in [1.165, 1.54) is 25.7 Å². The Hall–Kier alpha value is -1.87. The molecule has 0 saturated carbocycles. The summed E-state index contributed by atoms with van der Waals surface area (Å²) < 4.78 is 16.0. The number of hydrogen-bond donors (Lipinski definition) is 2. The van der Waals surface area contributed by atoms with Crippen LogP contribution < -0.4 is 14.8 Å². The molecule has 0 radical (unpaired) electrons. The molecule has 1 aromatic heterocycles. The summed E-state index contributed by atoms with van der Waals surface area (Å²) in [4.78, 5) is 2.33. The molecule has 1 aliphatic heterocycles. The molecule has 9 heteroatoms. The van der Waals surface area contributed by atoms with Gasteiger partial charge in [0.1, 0.15) is 30.8 Å². The van der Waals surface area contributed by atoms with Crippen LogP contribution in [0.15, 0.2) is 22.8 Å². The molecular weight excluding hydrogens is 408 g/mol. The number of benzene rings is 1. The number of halogens is 1. The number of ether oxygens (including phenoxy) is 2. The number of nitrogens with zero attached hydrogens (tertiary/aromatic N) is 3. The topological polar surface area (TPSA) is 92.9 Å². The second-order valence-electron chi connectivity index (χ2n) is 7.61. The highest BCUT2D eigenvalue weighted by atomic mass is 35.5. The number of aromatic nitrogens is 2. The van der Waals surface area contributed by atoms with Crippen molar-refractivity contribution in [2.24, 2.45) is 0 Å². The normalized spacial score (nSPS) is 16.2. The van der Waals surface area contributed by atoms with E-state index in [4.69, 9.17) is 21.1 Å². The number of rotatable bonds is 11. The highest BCUT2D eigenvalue weighted by Gasteiger charge is 2.15. The molecule has 0 bridgehead atoms. The van der Waals surface area contributed by atoms with Crippen LogP contribution in [0.5, 0.6) is 11.6 Å². The Morgan fingerprint density at radius 3 is 2.73 bits per heavy atom. The third kappa shape index (κ3) is 7.43.